The van der Waals surface area contributed by atoms with Gasteiger partial charge in [0.2, 0.25) is 0 Å². The number of pyridine rings is 1. The minimum atomic E-state index is -0.638. The summed E-state index contributed by atoms with van der Waals surface area (Å²) in [5, 5.41) is 9.98. The monoisotopic (exact) mass is 191 g/mol. The summed E-state index contributed by atoms with van der Waals surface area (Å²) in [6.07, 6.45) is 5.61. The zero-order chi connectivity index (χ0) is 9.97. The number of rotatable bonds is 2. The molecule has 2 rings (SSSR count). The lowest BCUT2D eigenvalue weighted by molar-refractivity contribution is 0.118. The maximum atomic E-state index is 9.98. The van der Waals surface area contributed by atoms with Crippen molar-refractivity contribution in [3.63, 3.8) is 0 Å². The van der Waals surface area contributed by atoms with Crippen LogP contribution < -0.4 is 0 Å². The Labute approximate surface area is 83.1 Å². The fourth-order valence-corrected chi connectivity index (χ4v) is 1.57. The molecule has 1 aromatic heterocycles. The van der Waals surface area contributed by atoms with E-state index in [0.717, 1.165) is 17.5 Å². The molecular formula is C11H13NO2. The quantitative estimate of drug-likeness (QED) is 0.774. The highest BCUT2D eigenvalue weighted by molar-refractivity contribution is 5.29. The number of hydrogen-bond acceptors (Lipinski definition) is 3. The molecular weight excluding hydrogens is 178 g/mol. The second-order valence-corrected chi connectivity index (χ2v) is 3.38. The van der Waals surface area contributed by atoms with Gasteiger partial charge in [-0.05, 0) is 30.2 Å². The van der Waals surface area contributed by atoms with Gasteiger partial charge in [0.15, 0.2) is 0 Å². The molecule has 0 bridgehead atoms. The molecule has 0 spiro atoms. The Balaban J connectivity index is 2.26. The molecule has 1 N–H and O–H groups in total. The zero-order valence-corrected chi connectivity index (χ0v) is 8.10. The van der Waals surface area contributed by atoms with Crippen molar-refractivity contribution in [2.45, 2.75) is 19.4 Å². The van der Waals surface area contributed by atoms with Crippen LogP contribution in [-0.2, 0) is 4.74 Å². The van der Waals surface area contributed by atoms with Crippen LogP contribution in [0.15, 0.2) is 30.3 Å². The van der Waals surface area contributed by atoms with Crippen molar-refractivity contribution in [3.8, 4) is 0 Å². The van der Waals surface area contributed by atoms with Gasteiger partial charge in [-0.3, -0.25) is 4.98 Å². The first-order valence-corrected chi connectivity index (χ1v) is 4.70. The van der Waals surface area contributed by atoms with Gasteiger partial charge in [0, 0.05) is 18.8 Å². The third kappa shape index (κ3) is 1.63. The van der Waals surface area contributed by atoms with Gasteiger partial charge in [0.05, 0.1) is 6.61 Å². The Morgan fingerprint density at radius 3 is 3.07 bits per heavy atom. The first-order chi connectivity index (χ1) is 6.79. The molecule has 0 aliphatic carbocycles. The van der Waals surface area contributed by atoms with Crippen LogP contribution in [0.3, 0.4) is 0 Å². The lowest BCUT2D eigenvalue weighted by atomic mass is 10.0. The highest BCUT2D eigenvalue weighted by Crippen LogP contribution is 2.27. The summed E-state index contributed by atoms with van der Waals surface area (Å²) in [6.45, 7) is 2.61. The zero-order valence-electron chi connectivity index (χ0n) is 8.10. The summed E-state index contributed by atoms with van der Waals surface area (Å²) in [5.74, 6) is 0.666. The molecule has 0 aromatic carbocycles. The molecule has 1 aliphatic rings. The molecule has 0 amide bonds. The largest absolute Gasteiger partial charge is 0.495 e. The molecule has 74 valence electrons. The van der Waals surface area contributed by atoms with E-state index in [1.807, 2.05) is 19.1 Å². The Hall–Kier alpha value is -1.35. The number of aromatic nitrogens is 1. The second-order valence-electron chi connectivity index (χ2n) is 3.38. The standard InChI is InChI=1S/C11H13NO2/c1-8-7-12-5-4-9(8)11(13)10-3-2-6-14-10/h3-5,7,11,13H,2,6H2,1H3. The molecule has 3 nitrogen and oxygen atoms in total. The maximum absolute atomic E-state index is 9.98. The molecule has 2 heterocycles. The normalized spacial score (nSPS) is 17.4. The topological polar surface area (TPSA) is 42.4 Å². The number of hydrogen-bond donors (Lipinski definition) is 1. The Morgan fingerprint density at radius 2 is 2.43 bits per heavy atom. The number of nitrogens with zero attached hydrogens (tertiary/aromatic N) is 1. The van der Waals surface area contributed by atoms with Gasteiger partial charge in [-0.15, -0.1) is 0 Å². The van der Waals surface area contributed by atoms with E-state index in [0.29, 0.717) is 12.4 Å². The van der Waals surface area contributed by atoms with Crippen molar-refractivity contribution in [1.29, 1.82) is 0 Å². The predicted molar refractivity (Wildman–Crippen MR) is 52.6 cm³/mol. The van der Waals surface area contributed by atoms with Crippen molar-refractivity contribution < 1.29 is 9.84 Å². The third-order valence-corrected chi connectivity index (χ3v) is 2.36. The van der Waals surface area contributed by atoms with Gasteiger partial charge in [-0.2, -0.15) is 0 Å². The first kappa shape index (κ1) is 9.21. The average molecular weight is 191 g/mol. The summed E-state index contributed by atoms with van der Waals surface area (Å²) < 4.78 is 5.31. The van der Waals surface area contributed by atoms with Crippen molar-refractivity contribution in [2.75, 3.05) is 6.61 Å². The highest BCUT2D eigenvalue weighted by atomic mass is 16.5. The highest BCUT2D eigenvalue weighted by Gasteiger charge is 2.19. The summed E-state index contributed by atoms with van der Waals surface area (Å²) >= 11 is 0. The second kappa shape index (κ2) is 3.80. The minimum Gasteiger partial charge on any atom is -0.495 e. The van der Waals surface area contributed by atoms with Crippen LogP contribution in [-0.4, -0.2) is 16.7 Å². The summed E-state index contributed by atoms with van der Waals surface area (Å²) in [5.41, 5.74) is 1.85. The van der Waals surface area contributed by atoms with Crippen molar-refractivity contribution in [1.82, 2.24) is 4.98 Å². The van der Waals surface area contributed by atoms with Crippen LogP contribution in [0.2, 0.25) is 0 Å². The van der Waals surface area contributed by atoms with E-state index in [4.69, 9.17) is 4.74 Å². The van der Waals surface area contributed by atoms with Gasteiger partial charge in [-0.25, -0.2) is 0 Å². The maximum Gasteiger partial charge on any atom is 0.136 e. The van der Waals surface area contributed by atoms with E-state index in [9.17, 15) is 5.11 Å². The molecule has 0 saturated heterocycles. The number of aliphatic hydroxyl groups is 1. The summed E-state index contributed by atoms with van der Waals surface area (Å²) in [6, 6.07) is 1.82. The van der Waals surface area contributed by atoms with E-state index in [2.05, 4.69) is 4.98 Å². The lowest BCUT2D eigenvalue weighted by Crippen LogP contribution is -2.04. The molecule has 1 aliphatic heterocycles. The Kier molecular flexibility index (Phi) is 2.50. The van der Waals surface area contributed by atoms with Gasteiger partial charge < -0.3 is 9.84 Å². The average Bonchev–Trinajstić information content (AvgIpc) is 2.70. The van der Waals surface area contributed by atoms with Gasteiger partial charge in [0.25, 0.3) is 0 Å². The van der Waals surface area contributed by atoms with Gasteiger partial charge in [-0.1, -0.05) is 0 Å². The molecule has 3 heteroatoms. The van der Waals surface area contributed by atoms with Crippen molar-refractivity contribution in [2.24, 2.45) is 0 Å². The lowest BCUT2D eigenvalue weighted by Gasteiger charge is -2.14. The molecule has 0 saturated carbocycles. The van der Waals surface area contributed by atoms with Crippen LogP contribution in [0.25, 0.3) is 0 Å². The van der Waals surface area contributed by atoms with Crippen molar-refractivity contribution >= 4 is 0 Å². The molecule has 0 fully saturated rings. The summed E-state index contributed by atoms with van der Waals surface area (Å²) in [4.78, 5) is 3.98. The predicted octanol–water partition coefficient (Wildman–Crippen LogP) is 1.73. The number of aryl methyl sites for hydroxylation is 1. The van der Waals surface area contributed by atoms with E-state index < -0.39 is 6.10 Å². The smallest absolute Gasteiger partial charge is 0.136 e. The molecule has 1 aromatic rings. The van der Waals surface area contributed by atoms with Crippen LogP contribution in [0.4, 0.5) is 0 Å². The van der Waals surface area contributed by atoms with Crippen molar-refractivity contribution in [3.05, 3.63) is 41.4 Å². The molecule has 0 radical (unpaired) electrons. The van der Waals surface area contributed by atoms with Crippen LogP contribution in [0, 0.1) is 6.92 Å². The Morgan fingerprint density at radius 1 is 1.57 bits per heavy atom. The fraction of sp³-hybridized carbons (Fsp3) is 0.364. The minimum absolute atomic E-state index is 0.638. The molecule has 1 unspecified atom stereocenters. The van der Waals surface area contributed by atoms with Crippen LogP contribution >= 0.6 is 0 Å². The number of ether oxygens (including phenoxy) is 1. The van der Waals surface area contributed by atoms with E-state index in [1.165, 1.54) is 0 Å². The fourth-order valence-electron chi connectivity index (χ4n) is 1.57. The molecule has 14 heavy (non-hydrogen) atoms. The van der Waals surface area contributed by atoms with Gasteiger partial charge >= 0.3 is 0 Å². The van der Waals surface area contributed by atoms with Crippen LogP contribution in [0.1, 0.15) is 23.7 Å². The van der Waals surface area contributed by atoms with E-state index >= 15 is 0 Å². The van der Waals surface area contributed by atoms with E-state index in [1.54, 1.807) is 12.4 Å². The summed E-state index contributed by atoms with van der Waals surface area (Å²) in [7, 11) is 0. The van der Waals surface area contributed by atoms with E-state index in [-0.39, 0.29) is 0 Å². The SMILES string of the molecule is Cc1cnccc1C(O)C1=CCCO1. The van der Waals surface area contributed by atoms with Gasteiger partial charge in [0.1, 0.15) is 11.9 Å². The molecule has 1 atom stereocenters. The Bertz CT molecular complexity index is 360. The third-order valence-electron chi connectivity index (χ3n) is 2.36. The first-order valence-electron chi connectivity index (χ1n) is 4.70. The number of aliphatic hydroxyl groups excluding tert-OH is 1. The van der Waals surface area contributed by atoms with Crippen LogP contribution in [0.5, 0.6) is 0 Å².